The monoisotopic (exact) mass is 278 g/mol. The van der Waals surface area contributed by atoms with Gasteiger partial charge in [-0.2, -0.15) is 4.98 Å². The molecule has 3 rings (SSSR count). The second kappa shape index (κ2) is 4.94. The van der Waals surface area contributed by atoms with Crippen LogP contribution in [0.25, 0.3) is 10.2 Å². The molecular formula is C13H18N4OS. The third-order valence-electron chi connectivity index (χ3n) is 3.51. The van der Waals surface area contributed by atoms with Crippen molar-refractivity contribution in [3.63, 3.8) is 0 Å². The number of aryl methyl sites for hydroxylation is 1. The molecule has 1 fully saturated rings. The number of hydrogen-bond acceptors (Lipinski definition) is 6. The maximum absolute atomic E-state index is 5.48. The van der Waals surface area contributed by atoms with Crippen LogP contribution in [0, 0.1) is 6.92 Å². The van der Waals surface area contributed by atoms with Crippen molar-refractivity contribution in [2.75, 3.05) is 37.5 Å². The number of nitrogens with one attached hydrogen (secondary N) is 1. The number of aromatic nitrogens is 2. The first-order valence-corrected chi connectivity index (χ1v) is 7.27. The molecule has 0 saturated carbocycles. The smallest absolute Gasteiger partial charge is 0.225 e. The van der Waals surface area contributed by atoms with Gasteiger partial charge in [-0.3, -0.25) is 0 Å². The van der Waals surface area contributed by atoms with Crippen LogP contribution in [-0.2, 0) is 4.74 Å². The Morgan fingerprint density at radius 2 is 2.32 bits per heavy atom. The zero-order valence-corrected chi connectivity index (χ0v) is 12.3. The van der Waals surface area contributed by atoms with E-state index >= 15 is 0 Å². The minimum atomic E-state index is 0.406. The molecule has 1 aliphatic rings. The summed E-state index contributed by atoms with van der Waals surface area (Å²) in [5, 5.41) is 4.18. The van der Waals surface area contributed by atoms with Crippen molar-refractivity contribution in [3.05, 3.63) is 10.9 Å². The molecule has 0 spiro atoms. The van der Waals surface area contributed by atoms with Gasteiger partial charge in [-0.15, -0.1) is 11.3 Å². The molecule has 1 atom stereocenters. The summed E-state index contributed by atoms with van der Waals surface area (Å²) in [4.78, 5) is 13.7. The van der Waals surface area contributed by atoms with Gasteiger partial charge >= 0.3 is 0 Å². The van der Waals surface area contributed by atoms with Crippen LogP contribution in [-0.4, -0.2) is 43.3 Å². The average molecular weight is 278 g/mol. The van der Waals surface area contributed by atoms with Gasteiger partial charge in [0.1, 0.15) is 10.6 Å². The molecule has 1 aliphatic heterocycles. The first kappa shape index (κ1) is 12.6. The predicted molar refractivity (Wildman–Crippen MR) is 79.3 cm³/mol. The Bertz CT molecular complexity index is 592. The summed E-state index contributed by atoms with van der Waals surface area (Å²) in [6, 6.07) is 2.57. The minimum Gasteiger partial charge on any atom is -0.379 e. The molecular weight excluding hydrogens is 260 g/mol. The van der Waals surface area contributed by atoms with Gasteiger partial charge in [-0.25, -0.2) is 4.98 Å². The molecule has 0 radical (unpaired) electrons. The lowest BCUT2D eigenvalue weighted by Gasteiger charge is -2.25. The van der Waals surface area contributed by atoms with Crippen molar-refractivity contribution in [3.8, 4) is 0 Å². The van der Waals surface area contributed by atoms with Gasteiger partial charge in [0.05, 0.1) is 18.0 Å². The van der Waals surface area contributed by atoms with Gasteiger partial charge in [0, 0.05) is 25.6 Å². The molecule has 2 aromatic rings. The van der Waals surface area contributed by atoms with Gasteiger partial charge < -0.3 is 15.0 Å². The number of ether oxygens (including phenoxy) is 1. The van der Waals surface area contributed by atoms with Crippen molar-refractivity contribution >= 4 is 33.3 Å². The van der Waals surface area contributed by atoms with Crippen molar-refractivity contribution in [1.29, 1.82) is 0 Å². The van der Waals surface area contributed by atoms with E-state index in [-0.39, 0.29) is 0 Å². The maximum Gasteiger partial charge on any atom is 0.225 e. The van der Waals surface area contributed by atoms with Crippen LogP contribution < -0.4 is 10.2 Å². The molecule has 1 saturated heterocycles. The van der Waals surface area contributed by atoms with E-state index < -0.39 is 0 Å². The average Bonchev–Trinajstić information content (AvgIpc) is 3.04. The summed E-state index contributed by atoms with van der Waals surface area (Å²) in [5.74, 6) is 1.67. The lowest BCUT2D eigenvalue weighted by Crippen LogP contribution is -2.32. The number of hydrogen-bond donors (Lipinski definition) is 1. The molecule has 0 aliphatic carbocycles. The molecule has 102 valence electrons. The fourth-order valence-corrected chi connectivity index (χ4v) is 3.28. The van der Waals surface area contributed by atoms with Crippen LogP contribution >= 0.6 is 11.3 Å². The zero-order valence-electron chi connectivity index (χ0n) is 11.4. The Morgan fingerprint density at radius 3 is 3.00 bits per heavy atom. The van der Waals surface area contributed by atoms with Crippen molar-refractivity contribution in [1.82, 2.24) is 9.97 Å². The van der Waals surface area contributed by atoms with Crippen LogP contribution in [0.15, 0.2) is 6.07 Å². The molecule has 1 unspecified atom stereocenters. The molecule has 0 bridgehead atoms. The summed E-state index contributed by atoms with van der Waals surface area (Å²) < 4.78 is 5.48. The number of likely N-dealkylation sites (N-methyl/N-ethyl adjacent to an activating group) is 1. The number of anilines is 2. The molecule has 6 heteroatoms. The predicted octanol–water partition coefficient (Wildman–Crippen LogP) is 2.27. The summed E-state index contributed by atoms with van der Waals surface area (Å²) in [5.41, 5.74) is 0. The highest BCUT2D eigenvalue weighted by atomic mass is 32.1. The molecule has 3 heterocycles. The number of fused-ring (bicyclic) bond motifs is 1. The molecule has 19 heavy (non-hydrogen) atoms. The summed E-state index contributed by atoms with van der Waals surface area (Å²) in [7, 11) is 3.94. The van der Waals surface area contributed by atoms with E-state index in [0.29, 0.717) is 12.0 Å². The van der Waals surface area contributed by atoms with Gasteiger partial charge in [0.15, 0.2) is 0 Å². The normalized spacial score (nSPS) is 19.0. The Hall–Kier alpha value is -1.40. The highest BCUT2D eigenvalue weighted by Gasteiger charge is 2.24. The molecule has 5 nitrogen and oxygen atoms in total. The fourth-order valence-electron chi connectivity index (χ4n) is 2.41. The summed E-state index contributed by atoms with van der Waals surface area (Å²) >= 11 is 1.71. The van der Waals surface area contributed by atoms with E-state index in [4.69, 9.17) is 4.74 Å². The SMILES string of the molecule is CNc1nc(N(C)C2CCOC2)c2cc(C)sc2n1. The zero-order chi connectivity index (χ0) is 13.4. The summed E-state index contributed by atoms with van der Waals surface area (Å²) in [6.45, 7) is 3.72. The molecule has 0 amide bonds. The Morgan fingerprint density at radius 1 is 1.47 bits per heavy atom. The molecule has 2 aromatic heterocycles. The number of rotatable bonds is 3. The molecule has 0 aromatic carbocycles. The number of thiophene rings is 1. The third-order valence-corrected chi connectivity index (χ3v) is 4.45. The van der Waals surface area contributed by atoms with Crippen molar-refractivity contribution in [2.24, 2.45) is 0 Å². The van der Waals surface area contributed by atoms with E-state index in [2.05, 4.69) is 40.2 Å². The van der Waals surface area contributed by atoms with Crippen LogP contribution in [0.5, 0.6) is 0 Å². The van der Waals surface area contributed by atoms with Crippen LogP contribution in [0.2, 0.25) is 0 Å². The minimum absolute atomic E-state index is 0.406. The van der Waals surface area contributed by atoms with Crippen molar-refractivity contribution in [2.45, 2.75) is 19.4 Å². The van der Waals surface area contributed by atoms with E-state index in [1.807, 2.05) is 7.05 Å². The fraction of sp³-hybridized carbons (Fsp3) is 0.538. The van der Waals surface area contributed by atoms with Crippen LogP contribution in [0.3, 0.4) is 0 Å². The van der Waals surface area contributed by atoms with E-state index in [9.17, 15) is 0 Å². The highest BCUT2D eigenvalue weighted by Crippen LogP contribution is 2.32. The third kappa shape index (κ3) is 2.26. The Kier molecular flexibility index (Phi) is 3.28. The van der Waals surface area contributed by atoms with Crippen LogP contribution in [0.4, 0.5) is 11.8 Å². The highest BCUT2D eigenvalue weighted by molar-refractivity contribution is 7.18. The van der Waals surface area contributed by atoms with E-state index in [1.54, 1.807) is 11.3 Å². The van der Waals surface area contributed by atoms with Crippen LogP contribution in [0.1, 0.15) is 11.3 Å². The topological polar surface area (TPSA) is 50.3 Å². The Balaban J connectivity index is 2.09. The summed E-state index contributed by atoms with van der Waals surface area (Å²) in [6.07, 6.45) is 1.06. The lowest BCUT2D eigenvalue weighted by molar-refractivity contribution is 0.193. The first-order valence-electron chi connectivity index (χ1n) is 6.45. The van der Waals surface area contributed by atoms with E-state index in [1.165, 1.54) is 4.88 Å². The second-order valence-corrected chi connectivity index (χ2v) is 6.06. The van der Waals surface area contributed by atoms with Gasteiger partial charge in [-0.05, 0) is 19.4 Å². The maximum atomic E-state index is 5.48. The van der Waals surface area contributed by atoms with Crippen molar-refractivity contribution < 1.29 is 4.74 Å². The molecule has 1 N–H and O–H groups in total. The first-order chi connectivity index (χ1) is 9.19. The second-order valence-electron chi connectivity index (χ2n) is 4.83. The van der Waals surface area contributed by atoms with Gasteiger partial charge in [-0.1, -0.05) is 0 Å². The quantitative estimate of drug-likeness (QED) is 0.933. The van der Waals surface area contributed by atoms with E-state index in [0.717, 1.165) is 35.7 Å². The van der Waals surface area contributed by atoms with Gasteiger partial charge in [0.25, 0.3) is 0 Å². The van der Waals surface area contributed by atoms with Gasteiger partial charge in [0.2, 0.25) is 5.95 Å². The standard InChI is InChI=1S/C13H18N4OS/c1-8-6-10-11(17(3)9-4-5-18-7-9)15-13(14-2)16-12(10)19-8/h6,9H,4-5,7H2,1-3H3,(H,14,15,16). The number of nitrogens with zero attached hydrogens (tertiary/aromatic N) is 3. The lowest BCUT2D eigenvalue weighted by atomic mass is 10.2. The Labute approximate surface area is 116 Å². The largest absolute Gasteiger partial charge is 0.379 e.